The molecule has 3 aromatic rings. The van der Waals surface area contributed by atoms with Crippen molar-refractivity contribution in [2.45, 2.75) is 29.7 Å². The monoisotopic (exact) mass is 452 g/mol. The normalized spacial score (nSPS) is 12.6. The first kappa shape index (κ1) is 22.5. The average Bonchev–Trinajstić information content (AvgIpc) is 3.08. The summed E-state index contributed by atoms with van der Waals surface area (Å²) in [6, 6.07) is 12.1. The molecular formula is C20H19F3N4O3S. The number of hydrogen-bond donors (Lipinski definition) is 1. The number of carbonyl (C=O) groups excluding carboxylic acids is 1. The van der Waals surface area contributed by atoms with E-state index in [-0.39, 0.29) is 5.82 Å². The molecule has 0 bridgehead atoms. The fourth-order valence-corrected chi connectivity index (χ4v) is 4.05. The lowest BCUT2D eigenvalue weighted by Crippen LogP contribution is -2.44. The number of aryl methyl sites for hydroxylation is 1. The molecule has 0 radical (unpaired) electrons. The Hall–Kier alpha value is -3.21. The molecule has 0 fully saturated rings. The van der Waals surface area contributed by atoms with Crippen molar-refractivity contribution in [2.24, 2.45) is 7.05 Å². The van der Waals surface area contributed by atoms with Crippen LogP contribution >= 0.6 is 0 Å². The lowest BCUT2D eigenvalue weighted by atomic mass is 10.1. The van der Waals surface area contributed by atoms with Gasteiger partial charge in [-0.05, 0) is 26.0 Å². The Morgan fingerprint density at radius 3 is 2.26 bits per heavy atom. The Bertz CT molecular complexity index is 1200. The summed E-state index contributed by atoms with van der Waals surface area (Å²) < 4.78 is 63.4. The summed E-state index contributed by atoms with van der Waals surface area (Å²) in [6.07, 6.45) is -4.10. The number of sulfone groups is 1. The van der Waals surface area contributed by atoms with Gasteiger partial charge in [-0.2, -0.15) is 18.3 Å². The molecule has 1 amide bonds. The zero-order chi connectivity index (χ0) is 23.0. The first-order chi connectivity index (χ1) is 14.3. The number of hydrogen-bond acceptors (Lipinski definition) is 5. The Balaban J connectivity index is 1.86. The van der Waals surface area contributed by atoms with Gasteiger partial charge in [0.15, 0.2) is 9.84 Å². The third kappa shape index (κ3) is 4.31. The number of alkyl halides is 3. The summed E-state index contributed by atoms with van der Waals surface area (Å²) in [4.78, 5) is 15.5. The van der Waals surface area contributed by atoms with E-state index in [0.717, 1.165) is 11.6 Å². The number of nitrogens with one attached hydrogen (secondary N) is 1. The molecule has 7 nitrogen and oxygen atoms in total. The molecule has 31 heavy (non-hydrogen) atoms. The number of anilines is 1. The lowest BCUT2D eigenvalue weighted by Gasteiger charge is -2.23. The Labute approximate surface area is 176 Å². The Morgan fingerprint density at radius 2 is 1.71 bits per heavy atom. The van der Waals surface area contributed by atoms with Gasteiger partial charge in [-0.3, -0.25) is 14.5 Å². The zero-order valence-corrected chi connectivity index (χ0v) is 17.6. The standard InChI is InChI=1S/C20H19F3N4O3S/c1-19(2,31(29,30)14-9-10-16(24-12-14)20(21,22)23)18(28)25-17-11-15(26-27(17)3)13-7-5-4-6-8-13/h4-12H,1-3H3,(H,25,28). The molecule has 1 aromatic carbocycles. The predicted octanol–water partition coefficient (Wildman–Crippen LogP) is 3.69. The Morgan fingerprint density at radius 1 is 1.06 bits per heavy atom. The van der Waals surface area contributed by atoms with Crippen LogP contribution in [0.5, 0.6) is 0 Å². The minimum atomic E-state index is -4.70. The minimum Gasteiger partial charge on any atom is -0.310 e. The van der Waals surface area contributed by atoms with Crippen LogP contribution in [0.3, 0.4) is 0 Å². The number of benzene rings is 1. The van der Waals surface area contributed by atoms with Gasteiger partial charge in [0.25, 0.3) is 0 Å². The molecule has 0 saturated carbocycles. The second kappa shape index (κ2) is 7.80. The van der Waals surface area contributed by atoms with E-state index in [4.69, 9.17) is 0 Å². The van der Waals surface area contributed by atoms with Gasteiger partial charge in [-0.1, -0.05) is 30.3 Å². The maximum absolute atomic E-state index is 13.0. The van der Waals surface area contributed by atoms with Gasteiger partial charge in [0.05, 0.1) is 10.6 Å². The molecule has 0 unspecified atom stereocenters. The molecule has 2 heterocycles. The quantitative estimate of drug-likeness (QED) is 0.637. The van der Waals surface area contributed by atoms with E-state index in [9.17, 15) is 26.4 Å². The van der Waals surface area contributed by atoms with Gasteiger partial charge in [-0.15, -0.1) is 0 Å². The summed E-state index contributed by atoms with van der Waals surface area (Å²) >= 11 is 0. The molecule has 0 atom stereocenters. The fourth-order valence-electron chi connectivity index (χ4n) is 2.72. The van der Waals surface area contributed by atoms with Crippen molar-refractivity contribution < 1.29 is 26.4 Å². The molecule has 2 aromatic heterocycles. The van der Waals surface area contributed by atoms with E-state index in [1.54, 1.807) is 13.1 Å². The summed E-state index contributed by atoms with van der Waals surface area (Å²) in [5.41, 5.74) is 0.157. The molecule has 1 N–H and O–H groups in total. The average molecular weight is 452 g/mol. The number of aromatic nitrogens is 3. The smallest absolute Gasteiger partial charge is 0.310 e. The minimum absolute atomic E-state index is 0.262. The highest BCUT2D eigenvalue weighted by Crippen LogP contribution is 2.31. The number of halogens is 3. The number of rotatable bonds is 5. The molecule has 0 aliphatic rings. The van der Waals surface area contributed by atoms with Gasteiger partial charge >= 0.3 is 6.18 Å². The van der Waals surface area contributed by atoms with Crippen molar-refractivity contribution in [1.82, 2.24) is 14.8 Å². The maximum Gasteiger partial charge on any atom is 0.433 e. The number of amides is 1. The first-order valence-electron chi connectivity index (χ1n) is 9.03. The van der Waals surface area contributed by atoms with Gasteiger partial charge in [0, 0.05) is 24.9 Å². The topological polar surface area (TPSA) is 94.0 Å². The number of carbonyl (C=O) groups is 1. The van der Waals surface area contributed by atoms with Crippen molar-refractivity contribution in [3.63, 3.8) is 0 Å². The highest BCUT2D eigenvalue weighted by atomic mass is 32.2. The molecule has 0 aliphatic heterocycles. The number of nitrogens with zero attached hydrogens (tertiary/aromatic N) is 3. The van der Waals surface area contributed by atoms with Crippen molar-refractivity contribution in [3.05, 3.63) is 60.4 Å². The summed E-state index contributed by atoms with van der Waals surface area (Å²) in [6.45, 7) is 2.34. The van der Waals surface area contributed by atoms with Crippen LogP contribution in [0.25, 0.3) is 11.3 Å². The fraction of sp³-hybridized carbons (Fsp3) is 0.250. The third-order valence-electron chi connectivity index (χ3n) is 4.75. The van der Waals surface area contributed by atoms with Crippen LogP contribution in [-0.4, -0.2) is 33.8 Å². The van der Waals surface area contributed by atoms with Crippen LogP contribution in [0.15, 0.2) is 59.6 Å². The van der Waals surface area contributed by atoms with E-state index in [2.05, 4.69) is 15.4 Å². The SMILES string of the molecule is Cn1nc(-c2ccccc2)cc1NC(=O)C(C)(C)S(=O)(=O)c1ccc(C(F)(F)F)nc1. The van der Waals surface area contributed by atoms with Crippen molar-refractivity contribution in [3.8, 4) is 11.3 Å². The van der Waals surface area contributed by atoms with E-state index in [1.807, 2.05) is 30.3 Å². The molecule has 0 saturated heterocycles. The van der Waals surface area contributed by atoms with Crippen molar-refractivity contribution in [1.29, 1.82) is 0 Å². The van der Waals surface area contributed by atoms with Crippen LogP contribution in [0.1, 0.15) is 19.5 Å². The van der Waals surface area contributed by atoms with Crippen LogP contribution in [-0.2, 0) is 27.9 Å². The maximum atomic E-state index is 13.0. The van der Waals surface area contributed by atoms with E-state index in [0.29, 0.717) is 18.0 Å². The third-order valence-corrected chi connectivity index (χ3v) is 7.14. The lowest BCUT2D eigenvalue weighted by molar-refractivity contribution is -0.141. The highest BCUT2D eigenvalue weighted by molar-refractivity contribution is 7.93. The molecule has 164 valence electrons. The Kier molecular flexibility index (Phi) is 5.66. The van der Waals surface area contributed by atoms with Crippen LogP contribution in [0, 0.1) is 0 Å². The van der Waals surface area contributed by atoms with Crippen molar-refractivity contribution in [2.75, 3.05) is 5.32 Å². The summed E-state index contributed by atoms with van der Waals surface area (Å²) in [5.74, 6) is -0.604. The molecular weight excluding hydrogens is 433 g/mol. The van der Waals surface area contributed by atoms with Gasteiger partial charge in [0.1, 0.15) is 16.3 Å². The second-order valence-electron chi connectivity index (χ2n) is 7.25. The first-order valence-corrected chi connectivity index (χ1v) is 10.5. The molecule has 11 heteroatoms. The predicted molar refractivity (Wildman–Crippen MR) is 108 cm³/mol. The second-order valence-corrected chi connectivity index (χ2v) is 9.75. The van der Waals surface area contributed by atoms with E-state index < -0.39 is 37.3 Å². The highest BCUT2D eigenvalue weighted by Gasteiger charge is 2.44. The van der Waals surface area contributed by atoms with Crippen LogP contribution < -0.4 is 5.32 Å². The molecule has 3 rings (SSSR count). The summed E-state index contributed by atoms with van der Waals surface area (Å²) in [5, 5.41) is 6.84. The van der Waals surface area contributed by atoms with Crippen molar-refractivity contribution >= 4 is 21.6 Å². The van der Waals surface area contributed by atoms with Gasteiger partial charge in [0.2, 0.25) is 5.91 Å². The van der Waals surface area contributed by atoms with Crippen LogP contribution in [0.4, 0.5) is 19.0 Å². The van der Waals surface area contributed by atoms with Gasteiger partial charge in [-0.25, -0.2) is 8.42 Å². The number of pyridine rings is 1. The van der Waals surface area contributed by atoms with E-state index in [1.165, 1.54) is 18.5 Å². The summed E-state index contributed by atoms with van der Waals surface area (Å²) in [7, 11) is -2.76. The van der Waals surface area contributed by atoms with Gasteiger partial charge < -0.3 is 5.32 Å². The molecule has 0 spiro atoms. The largest absolute Gasteiger partial charge is 0.433 e. The van der Waals surface area contributed by atoms with Crippen LogP contribution in [0.2, 0.25) is 0 Å². The van der Waals surface area contributed by atoms with E-state index >= 15 is 0 Å². The molecule has 0 aliphatic carbocycles. The zero-order valence-electron chi connectivity index (χ0n) is 16.8.